The van der Waals surface area contributed by atoms with E-state index in [9.17, 15) is 27.6 Å². The summed E-state index contributed by atoms with van der Waals surface area (Å²) in [5.41, 5.74) is -1.30. The predicted octanol–water partition coefficient (Wildman–Crippen LogP) is 3.32. The van der Waals surface area contributed by atoms with E-state index in [4.69, 9.17) is 4.74 Å². The van der Waals surface area contributed by atoms with E-state index in [-0.39, 0.29) is 5.69 Å². The first kappa shape index (κ1) is 20.1. The molecule has 0 bridgehead atoms. The molecule has 0 spiro atoms. The molecule has 0 unspecified atom stereocenters. The molecule has 0 aliphatic carbocycles. The molecule has 0 saturated carbocycles. The molecule has 29 heavy (non-hydrogen) atoms. The van der Waals surface area contributed by atoms with Crippen molar-refractivity contribution in [2.24, 2.45) is 10.9 Å². The predicted molar refractivity (Wildman–Crippen MR) is 97.1 cm³/mol. The lowest BCUT2D eigenvalue weighted by Gasteiger charge is -2.28. The lowest BCUT2D eigenvalue weighted by molar-refractivity contribution is -0.137. The molecule has 3 rings (SSSR count). The normalized spacial score (nSPS) is 17.6. The summed E-state index contributed by atoms with van der Waals surface area (Å²) in [7, 11) is 1.44. The quantitative estimate of drug-likeness (QED) is 0.625. The van der Waals surface area contributed by atoms with E-state index in [0.717, 1.165) is 18.3 Å². The van der Waals surface area contributed by atoms with E-state index in [1.807, 2.05) is 5.32 Å². The summed E-state index contributed by atoms with van der Waals surface area (Å²) in [6.45, 7) is 0. The van der Waals surface area contributed by atoms with Gasteiger partial charge in [-0.05, 0) is 36.4 Å². The Bertz CT molecular complexity index is 987. The van der Waals surface area contributed by atoms with Gasteiger partial charge in [-0.2, -0.15) is 13.2 Å². The smallest absolute Gasteiger partial charge is 0.418 e. The maximum Gasteiger partial charge on any atom is 0.418 e. The van der Waals surface area contributed by atoms with Crippen LogP contribution in [0.4, 0.5) is 29.3 Å². The van der Waals surface area contributed by atoms with Gasteiger partial charge in [-0.15, -0.1) is 0 Å². The maximum absolute atomic E-state index is 13.1. The molecule has 2 aromatic rings. The van der Waals surface area contributed by atoms with Crippen molar-refractivity contribution in [1.82, 2.24) is 5.32 Å². The topological polar surface area (TPSA) is 88.1 Å². The van der Waals surface area contributed by atoms with Gasteiger partial charge < -0.3 is 4.74 Å². The summed E-state index contributed by atoms with van der Waals surface area (Å²) in [6.07, 6.45) is -3.86. The van der Waals surface area contributed by atoms with E-state index in [1.54, 1.807) is 0 Å². The number of anilines is 1. The number of barbiturate groups is 1. The summed E-state index contributed by atoms with van der Waals surface area (Å²) in [5, 5.41) is 2.00. The summed E-state index contributed by atoms with van der Waals surface area (Å²) in [5.74, 6) is -3.00. The van der Waals surface area contributed by atoms with E-state index in [1.165, 1.54) is 43.5 Å². The second kappa shape index (κ2) is 7.74. The molecule has 1 atom stereocenters. The number of amides is 4. The minimum atomic E-state index is -4.65. The van der Waals surface area contributed by atoms with Crippen LogP contribution in [0.2, 0.25) is 0 Å². The number of para-hydroxylation sites is 1. The van der Waals surface area contributed by atoms with Crippen LogP contribution < -0.4 is 15.0 Å². The maximum atomic E-state index is 13.1. The number of nitrogens with one attached hydrogen (secondary N) is 1. The first-order valence-corrected chi connectivity index (χ1v) is 8.25. The van der Waals surface area contributed by atoms with Crippen molar-refractivity contribution in [3.63, 3.8) is 0 Å². The molecule has 10 heteroatoms. The Morgan fingerprint density at radius 3 is 2.34 bits per heavy atom. The van der Waals surface area contributed by atoms with Gasteiger partial charge in [0.1, 0.15) is 5.75 Å². The highest BCUT2D eigenvalue weighted by molar-refractivity contribution is 6.32. The van der Waals surface area contributed by atoms with E-state index in [0.29, 0.717) is 10.6 Å². The van der Waals surface area contributed by atoms with Crippen LogP contribution in [-0.2, 0) is 15.8 Å². The first-order chi connectivity index (χ1) is 13.7. The standard InChI is InChI=1S/C19H14F3N3O4/c1-29-12-8-6-11(7-9-12)25-17(27)13(16(26)24-18(25)28)10-23-15-5-3-2-4-14(15)19(20,21)22/h2-10,13H,1H3,(H,24,26,28)/t13-/m0/s1. The summed E-state index contributed by atoms with van der Waals surface area (Å²) >= 11 is 0. The lowest BCUT2D eigenvalue weighted by atomic mass is 10.1. The number of aliphatic imine (C=N–C) groups is 1. The van der Waals surface area contributed by atoms with Crippen LogP contribution in [0.15, 0.2) is 53.5 Å². The van der Waals surface area contributed by atoms with E-state index in [2.05, 4.69) is 4.99 Å². The van der Waals surface area contributed by atoms with Gasteiger partial charge in [-0.1, -0.05) is 12.1 Å². The van der Waals surface area contributed by atoms with Gasteiger partial charge in [0.25, 0.3) is 5.91 Å². The molecule has 1 N–H and O–H groups in total. The van der Waals surface area contributed by atoms with Crippen molar-refractivity contribution in [3.05, 3.63) is 54.1 Å². The van der Waals surface area contributed by atoms with Crippen molar-refractivity contribution in [1.29, 1.82) is 0 Å². The van der Waals surface area contributed by atoms with Crippen molar-refractivity contribution < 1.29 is 32.3 Å². The zero-order chi connectivity index (χ0) is 21.2. The monoisotopic (exact) mass is 405 g/mol. The van der Waals surface area contributed by atoms with Crippen molar-refractivity contribution in [2.75, 3.05) is 12.0 Å². The van der Waals surface area contributed by atoms with Gasteiger partial charge in [0.05, 0.1) is 24.0 Å². The highest BCUT2D eigenvalue weighted by Gasteiger charge is 2.40. The Hall–Kier alpha value is -3.69. The van der Waals surface area contributed by atoms with Crippen LogP contribution in [0.3, 0.4) is 0 Å². The minimum Gasteiger partial charge on any atom is -0.497 e. The number of methoxy groups -OCH3 is 1. The fraction of sp³-hybridized carbons (Fsp3) is 0.158. The van der Waals surface area contributed by atoms with Crippen molar-refractivity contribution in [3.8, 4) is 5.75 Å². The zero-order valence-electron chi connectivity index (χ0n) is 14.9. The number of imide groups is 2. The number of alkyl halides is 3. The molecule has 4 amide bonds. The molecule has 150 valence electrons. The number of hydrogen-bond donors (Lipinski definition) is 1. The number of nitrogens with zero attached hydrogens (tertiary/aromatic N) is 2. The largest absolute Gasteiger partial charge is 0.497 e. The first-order valence-electron chi connectivity index (χ1n) is 8.25. The van der Waals surface area contributed by atoms with Crippen LogP contribution in [0.25, 0.3) is 0 Å². The molecule has 0 aromatic heterocycles. The summed E-state index contributed by atoms with van der Waals surface area (Å²) < 4.78 is 44.2. The van der Waals surface area contributed by atoms with Gasteiger partial charge in [0.15, 0.2) is 5.92 Å². The SMILES string of the molecule is COc1ccc(N2C(=O)NC(=O)[C@H](C=Nc3ccccc3C(F)(F)F)C2=O)cc1. The van der Waals surface area contributed by atoms with Crippen LogP contribution in [-0.4, -0.2) is 31.2 Å². The molecule has 2 aromatic carbocycles. The highest BCUT2D eigenvalue weighted by atomic mass is 19.4. The van der Waals surface area contributed by atoms with Crippen molar-refractivity contribution >= 4 is 35.4 Å². The molecular weight excluding hydrogens is 391 g/mol. The average Bonchev–Trinajstić information content (AvgIpc) is 2.67. The number of benzene rings is 2. The van der Waals surface area contributed by atoms with Crippen LogP contribution in [0.1, 0.15) is 5.56 Å². The number of carbonyl (C=O) groups excluding carboxylic acids is 3. The minimum absolute atomic E-state index is 0.162. The highest BCUT2D eigenvalue weighted by Crippen LogP contribution is 2.36. The van der Waals surface area contributed by atoms with Crippen molar-refractivity contribution in [2.45, 2.75) is 6.18 Å². The lowest BCUT2D eigenvalue weighted by Crippen LogP contribution is -2.58. The van der Waals surface area contributed by atoms with Gasteiger partial charge in [-0.3, -0.25) is 19.9 Å². The molecular formula is C19H14F3N3O4. The fourth-order valence-electron chi connectivity index (χ4n) is 2.68. The molecule has 1 fully saturated rings. The van der Waals surface area contributed by atoms with Gasteiger partial charge >= 0.3 is 12.2 Å². The molecule has 1 aliphatic rings. The van der Waals surface area contributed by atoms with E-state index < -0.39 is 41.2 Å². The Kier molecular flexibility index (Phi) is 5.35. The number of rotatable bonds is 4. The summed E-state index contributed by atoms with van der Waals surface area (Å²) in [6, 6.07) is 9.40. The molecule has 1 aliphatic heterocycles. The van der Waals surface area contributed by atoms with Crippen LogP contribution in [0.5, 0.6) is 5.75 Å². The molecule has 7 nitrogen and oxygen atoms in total. The van der Waals surface area contributed by atoms with E-state index >= 15 is 0 Å². The third-order valence-electron chi connectivity index (χ3n) is 4.10. The van der Waals surface area contributed by atoms with Gasteiger partial charge in [0.2, 0.25) is 5.91 Å². The van der Waals surface area contributed by atoms with Crippen LogP contribution in [0, 0.1) is 5.92 Å². The second-order valence-electron chi connectivity index (χ2n) is 5.94. The van der Waals surface area contributed by atoms with Gasteiger partial charge in [0, 0.05) is 6.21 Å². The van der Waals surface area contributed by atoms with Gasteiger partial charge in [-0.25, -0.2) is 9.69 Å². The second-order valence-corrected chi connectivity index (χ2v) is 5.94. The number of hydrogen-bond acceptors (Lipinski definition) is 5. The Labute approximate surface area is 162 Å². The average molecular weight is 405 g/mol. The zero-order valence-corrected chi connectivity index (χ0v) is 14.9. The number of urea groups is 1. The molecule has 1 heterocycles. The number of ether oxygens (including phenoxy) is 1. The Morgan fingerprint density at radius 1 is 1.07 bits per heavy atom. The Morgan fingerprint density at radius 2 is 1.72 bits per heavy atom. The molecule has 0 radical (unpaired) electrons. The Balaban J connectivity index is 1.91. The third kappa shape index (κ3) is 4.10. The number of carbonyl (C=O) groups is 3. The fourth-order valence-corrected chi connectivity index (χ4v) is 2.68. The van der Waals surface area contributed by atoms with Crippen LogP contribution >= 0.6 is 0 Å². The molecule has 1 saturated heterocycles. The number of halogens is 3. The summed E-state index contributed by atoms with van der Waals surface area (Å²) in [4.78, 5) is 41.3. The third-order valence-corrected chi connectivity index (χ3v) is 4.10.